The topological polar surface area (TPSA) is 103 Å². The van der Waals surface area contributed by atoms with E-state index < -0.39 is 35.6 Å². The summed E-state index contributed by atoms with van der Waals surface area (Å²) in [4.78, 5) is 49.7. The third-order valence-electron chi connectivity index (χ3n) is 8.78. The first-order chi connectivity index (χ1) is 19.0. The van der Waals surface area contributed by atoms with E-state index in [1.165, 1.54) is 4.90 Å². The molecule has 208 valence electrons. The predicted molar refractivity (Wildman–Crippen MR) is 143 cm³/mol. The Morgan fingerprint density at radius 2 is 1.77 bits per heavy atom. The van der Waals surface area contributed by atoms with E-state index in [1.807, 2.05) is 54.6 Å². The zero-order chi connectivity index (χ0) is 27.1. The second kappa shape index (κ2) is 10.5. The number of aliphatic hydroxyl groups excluding tert-OH is 1. The molecule has 0 aromatic heterocycles. The van der Waals surface area contributed by atoms with Gasteiger partial charge < -0.3 is 29.3 Å². The minimum absolute atomic E-state index is 0.196. The van der Waals surface area contributed by atoms with E-state index in [4.69, 9.17) is 9.47 Å². The maximum atomic E-state index is 14.2. The van der Waals surface area contributed by atoms with Crippen LogP contribution in [0.15, 0.2) is 54.6 Å². The van der Waals surface area contributed by atoms with Gasteiger partial charge in [0.25, 0.3) is 0 Å². The molecule has 3 saturated heterocycles. The van der Waals surface area contributed by atoms with Gasteiger partial charge in [-0.05, 0) is 19.1 Å². The Kier molecular flexibility index (Phi) is 7.05. The molecule has 6 atom stereocenters. The number of ether oxygens (including phenoxy) is 2. The van der Waals surface area contributed by atoms with Crippen LogP contribution >= 0.6 is 0 Å². The maximum absolute atomic E-state index is 14.2. The summed E-state index contributed by atoms with van der Waals surface area (Å²) < 4.78 is 12.1. The van der Waals surface area contributed by atoms with Gasteiger partial charge in [0.2, 0.25) is 17.7 Å². The van der Waals surface area contributed by atoms with Crippen LogP contribution in [0.4, 0.5) is 5.69 Å². The molecule has 1 unspecified atom stereocenters. The summed E-state index contributed by atoms with van der Waals surface area (Å²) in [6.07, 6.45) is 6.88. The van der Waals surface area contributed by atoms with Crippen LogP contribution in [0.2, 0.25) is 0 Å². The average Bonchev–Trinajstić information content (AvgIpc) is 3.29. The van der Waals surface area contributed by atoms with Crippen LogP contribution in [0, 0.1) is 11.8 Å². The molecule has 10 heteroatoms. The highest BCUT2D eigenvalue weighted by molar-refractivity contribution is 6.03. The maximum Gasteiger partial charge on any atom is 0.249 e. The number of benzene rings is 1. The van der Waals surface area contributed by atoms with E-state index in [0.717, 1.165) is 18.8 Å². The van der Waals surface area contributed by atoms with E-state index in [9.17, 15) is 19.5 Å². The zero-order valence-corrected chi connectivity index (χ0v) is 22.2. The Balaban J connectivity index is 1.35. The third-order valence-corrected chi connectivity index (χ3v) is 8.78. The standard InChI is InChI=1S/C29H36N4O6/c1-20(19-34)33-25-28(37)31(14-13-30-15-17-38-18-16-30)11-6-10-29(25)24(27(33)36)23-22(39-29)9-5-12-32(26(23)35)21-7-3-2-4-8-21/h2-10,20,22-25,34H,11-19H2,1H3/t20-,22-,23+,24+,25?,29+/m1/s1. The first kappa shape index (κ1) is 26.2. The number of likely N-dealkylation sites (tertiary alicyclic amines) is 1. The molecule has 3 fully saturated rings. The van der Waals surface area contributed by atoms with E-state index in [2.05, 4.69) is 4.90 Å². The van der Waals surface area contributed by atoms with Crippen molar-refractivity contribution in [3.8, 4) is 0 Å². The number of para-hydroxylation sites is 1. The molecular weight excluding hydrogens is 500 g/mol. The molecule has 0 radical (unpaired) electrons. The van der Waals surface area contributed by atoms with Gasteiger partial charge in [-0.15, -0.1) is 0 Å². The summed E-state index contributed by atoms with van der Waals surface area (Å²) in [5.74, 6) is -2.39. The molecule has 0 aliphatic carbocycles. The molecule has 10 nitrogen and oxygen atoms in total. The molecule has 0 saturated carbocycles. The summed E-state index contributed by atoms with van der Waals surface area (Å²) in [6.45, 7) is 6.39. The number of hydrogen-bond acceptors (Lipinski definition) is 7. The second-order valence-electron chi connectivity index (χ2n) is 11.0. The normalized spacial score (nSPS) is 33.6. The fourth-order valence-corrected chi connectivity index (χ4v) is 6.81. The monoisotopic (exact) mass is 536 g/mol. The van der Waals surface area contributed by atoms with E-state index in [0.29, 0.717) is 39.4 Å². The van der Waals surface area contributed by atoms with Crippen LogP contribution in [-0.2, 0) is 23.9 Å². The SMILES string of the molecule is C[C@H](CO)N1C(=O)[C@@H]2[C@H]3C(=O)N(c4ccccc4)CC=C[C@H]3O[C@@]23C=CCN(CCN2CCOCC2)C(=O)C13. The number of amides is 3. The predicted octanol–water partition coefficient (Wildman–Crippen LogP) is 0.282. The number of hydrogen-bond donors (Lipinski definition) is 1. The quantitative estimate of drug-likeness (QED) is 0.521. The lowest BCUT2D eigenvalue weighted by molar-refractivity contribution is -0.150. The van der Waals surface area contributed by atoms with Gasteiger partial charge in [0.05, 0.1) is 43.8 Å². The number of carbonyl (C=O) groups is 3. The van der Waals surface area contributed by atoms with Gasteiger partial charge in [0.15, 0.2) is 0 Å². The highest BCUT2D eigenvalue weighted by Crippen LogP contribution is 2.54. The van der Waals surface area contributed by atoms with Crippen LogP contribution in [0.3, 0.4) is 0 Å². The lowest BCUT2D eigenvalue weighted by atomic mass is 9.77. The first-order valence-corrected chi connectivity index (χ1v) is 13.9. The molecule has 6 rings (SSSR count). The van der Waals surface area contributed by atoms with Crippen LogP contribution in [0.1, 0.15) is 6.92 Å². The van der Waals surface area contributed by atoms with Crippen molar-refractivity contribution < 1.29 is 29.0 Å². The lowest BCUT2D eigenvalue weighted by Crippen LogP contribution is -2.58. The Morgan fingerprint density at radius 3 is 2.51 bits per heavy atom. The Morgan fingerprint density at radius 1 is 1.00 bits per heavy atom. The van der Waals surface area contributed by atoms with Gasteiger partial charge in [-0.3, -0.25) is 19.3 Å². The smallest absolute Gasteiger partial charge is 0.249 e. The van der Waals surface area contributed by atoms with Crippen LogP contribution in [-0.4, -0.2) is 120 Å². The van der Waals surface area contributed by atoms with Gasteiger partial charge >= 0.3 is 0 Å². The van der Waals surface area contributed by atoms with E-state index >= 15 is 0 Å². The van der Waals surface area contributed by atoms with Gasteiger partial charge in [0.1, 0.15) is 11.6 Å². The average molecular weight is 537 g/mol. The van der Waals surface area contributed by atoms with Crippen molar-refractivity contribution in [1.82, 2.24) is 14.7 Å². The molecule has 1 aromatic carbocycles. The molecule has 1 N–H and O–H groups in total. The highest BCUT2D eigenvalue weighted by atomic mass is 16.5. The van der Waals surface area contributed by atoms with Crippen molar-refractivity contribution >= 4 is 23.4 Å². The molecule has 5 aliphatic heterocycles. The number of fused-ring (bicyclic) bond motifs is 2. The number of morpholine rings is 1. The summed E-state index contributed by atoms with van der Waals surface area (Å²) in [5.41, 5.74) is -0.543. The van der Waals surface area contributed by atoms with Gasteiger partial charge in [0, 0.05) is 45.0 Å². The fraction of sp³-hybridized carbons (Fsp3) is 0.552. The number of anilines is 1. The summed E-state index contributed by atoms with van der Waals surface area (Å²) in [5, 5.41) is 10.1. The largest absolute Gasteiger partial charge is 0.394 e. The van der Waals surface area contributed by atoms with Crippen molar-refractivity contribution in [1.29, 1.82) is 0 Å². The summed E-state index contributed by atoms with van der Waals surface area (Å²) in [6, 6.07) is 7.83. The zero-order valence-electron chi connectivity index (χ0n) is 22.2. The minimum atomic E-state index is -1.29. The third kappa shape index (κ3) is 4.30. The number of carbonyl (C=O) groups excluding carboxylic acids is 3. The Labute approximate surface area is 228 Å². The van der Waals surface area contributed by atoms with Crippen molar-refractivity contribution in [2.45, 2.75) is 30.7 Å². The molecule has 5 aliphatic rings. The van der Waals surface area contributed by atoms with E-state index in [-0.39, 0.29) is 24.3 Å². The summed E-state index contributed by atoms with van der Waals surface area (Å²) >= 11 is 0. The summed E-state index contributed by atoms with van der Waals surface area (Å²) in [7, 11) is 0. The molecule has 1 aromatic rings. The molecule has 3 amide bonds. The highest BCUT2D eigenvalue weighted by Gasteiger charge is 2.72. The molecule has 5 heterocycles. The van der Waals surface area contributed by atoms with Crippen LogP contribution in [0.5, 0.6) is 0 Å². The molecule has 0 bridgehead atoms. The van der Waals surface area contributed by atoms with E-state index in [1.54, 1.807) is 16.7 Å². The first-order valence-electron chi connectivity index (χ1n) is 13.9. The van der Waals surface area contributed by atoms with Crippen LogP contribution in [0.25, 0.3) is 0 Å². The van der Waals surface area contributed by atoms with Crippen molar-refractivity contribution in [3.05, 3.63) is 54.6 Å². The second-order valence-corrected chi connectivity index (χ2v) is 11.0. The van der Waals surface area contributed by atoms with Gasteiger partial charge in [-0.25, -0.2) is 0 Å². The van der Waals surface area contributed by atoms with Crippen molar-refractivity contribution in [3.63, 3.8) is 0 Å². The van der Waals surface area contributed by atoms with Crippen molar-refractivity contribution in [2.75, 3.05) is 64.0 Å². The lowest BCUT2D eigenvalue weighted by Gasteiger charge is -2.38. The van der Waals surface area contributed by atoms with Crippen molar-refractivity contribution in [2.24, 2.45) is 11.8 Å². The molecular formula is C29H36N4O6. The van der Waals surface area contributed by atoms with Crippen LogP contribution < -0.4 is 4.90 Å². The number of aliphatic hydroxyl groups is 1. The molecule has 39 heavy (non-hydrogen) atoms. The Hall–Kier alpha value is -3.05. The van der Waals surface area contributed by atoms with Gasteiger partial charge in [-0.1, -0.05) is 42.5 Å². The van der Waals surface area contributed by atoms with Gasteiger partial charge in [-0.2, -0.15) is 0 Å². The fourth-order valence-electron chi connectivity index (χ4n) is 6.81. The Bertz CT molecular complexity index is 1170. The number of rotatable bonds is 6. The minimum Gasteiger partial charge on any atom is -0.394 e. The number of nitrogens with zero attached hydrogens (tertiary/aromatic N) is 4. The molecule has 1 spiro atoms.